The quantitative estimate of drug-likeness (QED) is 0.587. The van der Waals surface area contributed by atoms with Gasteiger partial charge in [0.15, 0.2) is 6.61 Å². The zero-order valence-corrected chi connectivity index (χ0v) is 18.2. The second kappa shape index (κ2) is 9.27. The summed E-state index contributed by atoms with van der Waals surface area (Å²) in [5, 5.41) is 2.85. The summed E-state index contributed by atoms with van der Waals surface area (Å²) in [6.45, 7) is 10.4. The molecule has 27 heavy (non-hydrogen) atoms. The molecule has 1 amide bonds. The first-order valence-corrected chi connectivity index (χ1v) is 9.97. The number of ether oxygens (including phenoxy) is 2. The monoisotopic (exact) mass is 433 g/mol. The minimum atomic E-state index is -0.201. The van der Waals surface area contributed by atoms with Crippen LogP contribution in [-0.2, 0) is 10.2 Å². The summed E-state index contributed by atoms with van der Waals surface area (Å²) in [5.74, 6) is 1.31. The van der Waals surface area contributed by atoms with Crippen LogP contribution in [0.15, 0.2) is 46.9 Å². The van der Waals surface area contributed by atoms with E-state index in [-0.39, 0.29) is 24.0 Å². The van der Waals surface area contributed by atoms with E-state index in [0.717, 1.165) is 28.0 Å². The predicted octanol–water partition coefficient (Wildman–Crippen LogP) is 5.94. The third kappa shape index (κ3) is 6.58. The Bertz CT molecular complexity index is 766. The van der Waals surface area contributed by atoms with E-state index < -0.39 is 0 Å². The fraction of sp³-hybridized carbons (Fsp3) is 0.409. The van der Waals surface area contributed by atoms with Crippen molar-refractivity contribution in [3.63, 3.8) is 0 Å². The van der Waals surface area contributed by atoms with E-state index in [0.29, 0.717) is 5.69 Å². The lowest BCUT2D eigenvalue weighted by Crippen LogP contribution is -2.22. The van der Waals surface area contributed by atoms with Gasteiger partial charge in [0.05, 0.1) is 6.10 Å². The van der Waals surface area contributed by atoms with Crippen molar-refractivity contribution in [1.29, 1.82) is 0 Å². The lowest BCUT2D eigenvalue weighted by molar-refractivity contribution is -0.118. The first-order chi connectivity index (χ1) is 12.7. The van der Waals surface area contributed by atoms with Crippen molar-refractivity contribution < 1.29 is 14.3 Å². The van der Waals surface area contributed by atoms with Crippen LogP contribution in [0.4, 0.5) is 5.69 Å². The third-order valence-corrected chi connectivity index (χ3v) is 4.65. The number of amides is 1. The van der Waals surface area contributed by atoms with Crippen molar-refractivity contribution in [1.82, 2.24) is 0 Å². The Morgan fingerprint density at radius 2 is 1.81 bits per heavy atom. The van der Waals surface area contributed by atoms with Gasteiger partial charge in [-0.15, -0.1) is 0 Å². The maximum Gasteiger partial charge on any atom is 0.262 e. The molecule has 146 valence electrons. The van der Waals surface area contributed by atoms with E-state index in [1.165, 1.54) is 0 Å². The largest absolute Gasteiger partial charge is 0.491 e. The van der Waals surface area contributed by atoms with Gasteiger partial charge in [0.25, 0.3) is 5.91 Å². The van der Waals surface area contributed by atoms with Crippen molar-refractivity contribution in [2.45, 2.75) is 52.6 Å². The molecule has 1 N–H and O–H groups in total. The van der Waals surface area contributed by atoms with Crippen molar-refractivity contribution in [3.05, 3.63) is 52.5 Å². The molecule has 2 aromatic carbocycles. The Morgan fingerprint density at radius 3 is 2.41 bits per heavy atom. The van der Waals surface area contributed by atoms with Crippen LogP contribution in [0.1, 0.15) is 46.6 Å². The molecule has 5 heteroatoms. The molecule has 0 bridgehead atoms. The van der Waals surface area contributed by atoms with Gasteiger partial charge in [0, 0.05) is 15.7 Å². The summed E-state index contributed by atoms with van der Waals surface area (Å²) in [6.07, 6.45) is 1.12. The number of nitrogens with one attached hydrogen (secondary N) is 1. The number of benzene rings is 2. The van der Waals surface area contributed by atoms with Gasteiger partial charge >= 0.3 is 0 Å². The van der Waals surface area contributed by atoms with Crippen LogP contribution in [0.3, 0.4) is 0 Å². The molecule has 0 aliphatic rings. The van der Waals surface area contributed by atoms with Gasteiger partial charge in [-0.3, -0.25) is 4.79 Å². The van der Waals surface area contributed by atoms with E-state index >= 15 is 0 Å². The lowest BCUT2D eigenvalue weighted by Gasteiger charge is -2.23. The van der Waals surface area contributed by atoms with E-state index in [1.807, 2.05) is 49.4 Å². The highest BCUT2D eigenvalue weighted by Crippen LogP contribution is 2.33. The number of carbonyl (C=O) groups excluding carboxylic acids is 1. The van der Waals surface area contributed by atoms with E-state index in [1.54, 1.807) is 0 Å². The second-order valence-corrected chi connectivity index (χ2v) is 8.50. The molecule has 0 aromatic heterocycles. The van der Waals surface area contributed by atoms with Crippen LogP contribution in [0.25, 0.3) is 0 Å². The third-order valence-electron chi connectivity index (χ3n) is 4.16. The van der Waals surface area contributed by atoms with Crippen LogP contribution in [-0.4, -0.2) is 18.6 Å². The number of halogens is 1. The van der Waals surface area contributed by atoms with Crippen LogP contribution < -0.4 is 14.8 Å². The summed E-state index contributed by atoms with van der Waals surface area (Å²) in [4.78, 5) is 12.2. The molecule has 0 spiro atoms. The summed E-state index contributed by atoms with van der Waals surface area (Å²) in [6, 6.07) is 13.2. The summed E-state index contributed by atoms with van der Waals surface area (Å²) >= 11 is 3.49. The fourth-order valence-corrected chi connectivity index (χ4v) is 2.85. The normalized spacial score (nSPS) is 12.4. The first-order valence-electron chi connectivity index (χ1n) is 9.18. The van der Waals surface area contributed by atoms with Crippen molar-refractivity contribution in [2.24, 2.45) is 0 Å². The molecule has 0 saturated heterocycles. The summed E-state index contributed by atoms with van der Waals surface area (Å²) in [7, 11) is 0. The van der Waals surface area contributed by atoms with Gasteiger partial charge in [0.2, 0.25) is 0 Å². The Hall–Kier alpha value is -2.01. The standard InChI is InChI=1S/C22H28BrNO3/c1-6-15(2)27-18-10-8-17(9-11-18)24-21(25)14-26-20-12-7-16(23)13-19(20)22(3,4)5/h7-13,15H,6,14H2,1-5H3,(H,24,25). The Balaban J connectivity index is 1.95. The maximum atomic E-state index is 12.2. The van der Waals surface area contributed by atoms with Crippen LogP contribution >= 0.6 is 15.9 Å². The molecule has 1 unspecified atom stereocenters. The fourth-order valence-electron chi connectivity index (χ4n) is 2.49. The second-order valence-electron chi connectivity index (χ2n) is 7.59. The van der Waals surface area contributed by atoms with Crippen LogP contribution in [0.2, 0.25) is 0 Å². The zero-order valence-electron chi connectivity index (χ0n) is 16.6. The topological polar surface area (TPSA) is 47.6 Å². The number of carbonyl (C=O) groups is 1. The summed E-state index contributed by atoms with van der Waals surface area (Å²) < 4.78 is 12.5. The molecule has 1 atom stereocenters. The lowest BCUT2D eigenvalue weighted by atomic mass is 9.86. The molecule has 0 aliphatic carbocycles. The van der Waals surface area contributed by atoms with Crippen LogP contribution in [0.5, 0.6) is 11.5 Å². The minimum absolute atomic E-state index is 0.0458. The van der Waals surface area contributed by atoms with E-state index in [4.69, 9.17) is 9.47 Å². The van der Waals surface area contributed by atoms with Gasteiger partial charge in [-0.05, 0) is 61.2 Å². The number of hydrogen-bond donors (Lipinski definition) is 1. The van der Waals surface area contributed by atoms with Gasteiger partial charge in [0.1, 0.15) is 11.5 Å². The Morgan fingerprint density at radius 1 is 1.15 bits per heavy atom. The van der Waals surface area contributed by atoms with Crippen molar-refractivity contribution in [2.75, 3.05) is 11.9 Å². The number of hydrogen-bond acceptors (Lipinski definition) is 3. The molecule has 0 radical (unpaired) electrons. The Labute approximate surface area is 170 Å². The molecule has 0 heterocycles. The van der Waals surface area contributed by atoms with Gasteiger partial charge in [-0.2, -0.15) is 0 Å². The number of anilines is 1. The van der Waals surface area contributed by atoms with E-state index in [9.17, 15) is 4.79 Å². The van der Waals surface area contributed by atoms with Gasteiger partial charge < -0.3 is 14.8 Å². The van der Waals surface area contributed by atoms with Crippen molar-refractivity contribution >= 4 is 27.5 Å². The maximum absolute atomic E-state index is 12.2. The highest BCUT2D eigenvalue weighted by molar-refractivity contribution is 9.10. The predicted molar refractivity (Wildman–Crippen MR) is 114 cm³/mol. The van der Waals surface area contributed by atoms with Gasteiger partial charge in [-0.1, -0.05) is 43.6 Å². The van der Waals surface area contributed by atoms with E-state index in [2.05, 4.69) is 48.9 Å². The zero-order chi connectivity index (χ0) is 20.0. The highest BCUT2D eigenvalue weighted by atomic mass is 79.9. The van der Waals surface area contributed by atoms with Crippen molar-refractivity contribution in [3.8, 4) is 11.5 Å². The summed E-state index contributed by atoms with van der Waals surface area (Å²) in [5.41, 5.74) is 1.68. The van der Waals surface area contributed by atoms with Gasteiger partial charge in [-0.25, -0.2) is 0 Å². The molecular formula is C22H28BrNO3. The molecule has 0 aliphatic heterocycles. The minimum Gasteiger partial charge on any atom is -0.491 e. The molecule has 0 fully saturated rings. The molecule has 2 rings (SSSR count). The number of rotatable bonds is 7. The average molecular weight is 434 g/mol. The average Bonchev–Trinajstić information content (AvgIpc) is 2.61. The first kappa shape index (κ1) is 21.3. The smallest absolute Gasteiger partial charge is 0.262 e. The highest BCUT2D eigenvalue weighted by Gasteiger charge is 2.20. The molecule has 0 saturated carbocycles. The SMILES string of the molecule is CCC(C)Oc1ccc(NC(=O)COc2ccc(Br)cc2C(C)(C)C)cc1. The Kier molecular flexibility index (Phi) is 7.31. The molecular weight excluding hydrogens is 406 g/mol. The molecule has 2 aromatic rings. The molecule has 4 nitrogen and oxygen atoms in total. The van der Waals surface area contributed by atoms with Crippen LogP contribution in [0, 0.1) is 0 Å².